The zero-order valence-corrected chi connectivity index (χ0v) is 15.7. The SMILES string of the molecule is Cc1c(C(=O)N2CCC3(CCNC3)CC2)cnn1-c1ccc(F)cc1.Cl. The molecule has 7 heteroatoms. The predicted molar refractivity (Wildman–Crippen MR) is 101 cm³/mol. The number of piperidine rings is 1. The van der Waals surface area contributed by atoms with E-state index in [1.165, 1.54) is 18.6 Å². The number of carbonyl (C=O) groups is 1. The summed E-state index contributed by atoms with van der Waals surface area (Å²) in [7, 11) is 0. The minimum Gasteiger partial charge on any atom is -0.338 e. The number of carbonyl (C=O) groups excluding carboxylic acids is 1. The maximum absolute atomic E-state index is 13.1. The molecule has 4 rings (SSSR count). The van der Waals surface area contributed by atoms with Gasteiger partial charge in [0.15, 0.2) is 0 Å². The van der Waals surface area contributed by atoms with Crippen LogP contribution in [0.25, 0.3) is 5.69 Å². The highest BCUT2D eigenvalue weighted by Crippen LogP contribution is 2.37. The van der Waals surface area contributed by atoms with E-state index in [9.17, 15) is 9.18 Å². The summed E-state index contributed by atoms with van der Waals surface area (Å²) in [5.41, 5.74) is 2.57. The topological polar surface area (TPSA) is 50.2 Å². The number of likely N-dealkylation sites (tertiary alicyclic amines) is 1. The van der Waals surface area contributed by atoms with Crippen molar-refractivity contribution in [2.75, 3.05) is 26.2 Å². The third kappa shape index (κ3) is 3.35. The molecule has 0 bridgehead atoms. The first-order valence-electron chi connectivity index (χ1n) is 8.89. The van der Waals surface area contributed by atoms with Crippen LogP contribution in [0.2, 0.25) is 0 Å². The summed E-state index contributed by atoms with van der Waals surface area (Å²) in [6.07, 6.45) is 4.98. The quantitative estimate of drug-likeness (QED) is 0.874. The first kappa shape index (κ1) is 18.9. The second-order valence-corrected chi connectivity index (χ2v) is 7.25. The van der Waals surface area contributed by atoms with Crippen LogP contribution in [0.5, 0.6) is 0 Å². The Balaban J connectivity index is 0.00000196. The lowest BCUT2D eigenvalue weighted by molar-refractivity contribution is 0.0607. The van der Waals surface area contributed by atoms with Crippen LogP contribution in [0, 0.1) is 18.2 Å². The van der Waals surface area contributed by atoms with E-state index in [0.29, 0.717) is 11.0 Å². The average molecular weight is 379 g/mol. The molecule has 0 atom stereocenters. The highest BCUT2D eigenvalue weighted by atomic mass is 35.5. The van der Waals surface area contributed by atoms with Gasteiger partial charge in [-0.25, -0.2) is 9.07 Å². The van der Waals surface area contributed by atoms with Crippen LogP contribution in [0.1, 0.15) is 35.3 Å². The van der Waals surface area contributed by atoms with Crippen LogP contribution in [0.4, 0.5) is 4.39 Å². The highest BCUT2D eigenvalue weighted by Gasteiger charge is 2.38. The predicted octanol–water partition coefficient (Wildman–Crippen LogP) is 2.96. The van der Waals surface area contributed by atoms with E-state index in [-0.39, 0.29) is 24.1 Å². The van der Waals surface area contributed by atoms with Crippen molar-refractivity contribution in [3.63, 3.8) is 0 Å². The largest absolute Gasteiger partial charge is 0.338 e. The number of nitrogens with one attached hydrogen (secondary N) is 1. The van der Waals surface area contributed by atoms with Crippen molar-refractivity contribution < 1.29 is 9.18 Å². The van der Waals surface area contributed by atoms with Crippen molar-refractivity contribution in [3.8, 4) is 5.69 Å². The van der Waals surface area contributed by atoms with Gasteiger partial charge in [0.2, 0.25) is 0 Å². The molecule has 2 fully saturated rings. The molecule has 0 saturated carbocycles. The van der Waals surface area contributed by atoms with E-state index in [2.05, 4.69) is 10.4 Å². The molecule has 2 aliphatic heterocycles. The fourth-order valence-corrected chi connectivity index (χ4v) is 4.04. The molecule has 1 aromatic carbocycles. The molecule has 0 unspecified atom stereocenters. The molecule has 2 aromatic rings. The second-order valence-electron chi connectivity index (χ2n) is 7.25. The summed E-state index contributed by atoms with van der Waals surface area (Å²) in [4.78, 5) is 14.9. The van der Waals surface area contributed by atoms with E-state index in [4.69, 9.17) is 0 Å². The van der Waals surface area contributed by atoms with Gasteiger partial charge in [0.05, 0.1) is 23.1 Å². The van der Waals surface area contributed by atoms with Gasteiger partial charge in [-0.2, -0.15) is 5.10 Å². The molecule has 1 amide bonds. The minimum absolute atomic E-state index is 0. The normalized spacial score (nSPS) is 18.8. The Morgan fingerprint density at radius 3 is 2.50 bits per heavy atom. The second kappa shape index (κ2) is 7.37. The van der Waals surface area contributed by atoms with Crippen molar-refractivity contribution >= 4 is 18.3 Å². The maximum Gasteiger partial charge on any atom is 0.257 e. The van der Waals surface area contributed by atoms with Crippen LogP contribution >= 0.6 is 12.4 Å². The molecule has 2 aliphatic rings. The van der Waals surface area contributed by atoms with Crippen LogP contribution in [-0.4, -0.2) is 46.8 Å². The molecule has 0 radical (unpaired) electrons. The van der Waals surface area contributed by atoms with Crippen molar-refractivity contribution in [2.45, 2.75) is 26.2 Å². The first-order chi connectivity index (χ1) is 12.1. The van der Waals surface area contributed by atoms with E-state index in [0.717, 1.165) is 50.4 Å². The molecule has 3 heterocycles. The van der Waals surface area contributed by atoms with Crippen LogP contribution in [0.3, 0.4) is 0 Å². The molecule has 140 valence electrons. The van der Waals surface area contributed by atoms with Crippen molar-refractivity contribution in [2.24, 2.45) is 5.41 Å². The smallest absolute Gasteiger partial charge is 0.257 e. The average Bonchev–Trinajstić information content (AvgIpc) is 3.23. The number of amides is 1. The lowest BCUT2D eigenvalue weighted by Crippen LogP contribution is -2.44. The van der Waals surface area contributed by atoms with Crippen molar-refractivity contribution in [1.82, 2.24) is 20.0 Å². The van der Waals surface area contributed by atoms with Gasteiger partial charge in [-0.15, -0.1) is 12.4 Å². The van der Waals surface area contributed by atoms with Crippen LogP contribution < -0.4 is 5.32 Å². The Morgan fingerprint density at radius 2 is 1.88 bits per heavy atom. The van der Waals surface area contributed by atoms with E-state index in [1.807, 2.05) is 11.8 Å². The summed E-state index contributed by atoms with van der Waals surface area (Å²) >= 11 is 0. The Morgan fingerprint density at radius 1 is 1.19 bits per heavy atom. The summed E-state index contributed by atoms with van der Waals surface area (Å²) in [6.45, 7) is 5.67. The first-order valence-corrected chi connectivity index (χ1v) is 8.89. The van der Waals surface area contributed by atoms with Gasteiger partial charge in [0.25, 0.3) is 5.91 Å². The number of hydrogen-bond acceptors (Lipinski definition) is 3. The molecule has 1 N–H and O–H groups in total. The fourth-order valence-electron chi connectivity index (χ4n) is 4.04. The number of aromatic nitrogens is 2. The Bertz CT molecular complexity index is 773. The third-order valence-electron chi connectivity index (χ3n) is 5.75. The maximum atomic E-state index is 13.1. The van der Waals surface area contributed by atoms with E-state index < -0.39 is 0 Å². The van der Waals surface area contributed by atoms with Crippen molar-refractivity contribution in [1.29, 1.82) is 0 Å². The summed E-state index contributed by atoms with van der Waals surface area (Å²) in [6, 6.07) is 6.14. The number of nitrogens with zero attached hydrogens (tertiary/aromatic N) is 3. The number of rotatable bonds is 2. The van der Waals surface area contributed by atoms with Gasteiger partial charge in [-0.1, -0.05) is 0 Å². The highest BCUT2D eigenvalue weighted by molar-refractivity contribution is 5.95. The van der Waals surface area contributed by atoms with Gasteiger partial charge in [-0.3, -0.25) is 4.79 Å². The molecule has 5 nitrogen and oxygen atoms in total. The van der Waals surface area contributed by atoms with Gasteiger partial charge in [0, 0.05) is 19.6 Å². The zero-order valence-electron chi connectivity index (χ0n) is 14.9. The van der Waals surface area contributed by atoms with E-state index >= 15 is 0 Å². The molecule has 1 spiro atoms. The monoisotopic (exact) mass is 378 g/mol. The molecule has 0 aliphatic carbocycles. The molecule has 1 aromatic heterocycles. The van der Waals surface area contributed by atoms with Gasteiger partial charge >= 0.3 is 0 Å². The summed E-state index contributed by atoms with van der Waals surface area (Å²) < 4.78 is 14.8. The van der Waals surface area contributed by atoms with Crippen LogP contribution in [0.15, 0.2) is 30.5 Å². The lowest BCUT2D eigenvalue weighted by atomic mass is 9.78. The van der Waals surface area contributed by atoms with Gasteiger partial charge in [-0.05, 0) is 62.4 Å². The molecule has 26 heavy (non-hydrogen) atoms. The minimum atomic E-state index is -0.284. The Kier molecular flexibility index (Phi) is 5.34. The standard InChI is InChI=1S/C19H23FN4O.ClH/c1-14-17(12-22-24(14)16-4-2-15(20)3-5-16)18(25)23-10-7-19(8-11-23)6-9-21-13-19;/h2-5,12,21H,6-11,13H2,1H3;1H. The Hall–Kier alpha value is -1.92. The summed E-state index contributed by atoms with van der Waals surface area (Å²) in [5.74, 6) is -0.236. The van der Waals surface area contributed by atoms with Crippen molar-refractivity contribution in [3.05, 3.63) is 47.5 Å². The molecular formula is C19H24ClFN4O. The molecular weight excluding hydrogens is 355 g/mol. The van der Waals surface area contributed by atoms with E-state index in [1.54, 1.807) is 23.0 Å². The lowest BCUT2D eigenvalue weighted by Gasteiger charge is -2.38. The third-order valence-corrected chi connectivity index (χ3v) is 5.75. The number of hydrogen-bond donors (Lipinski definition) is 1. The number of benzene rings is 1. The molecule has 2 saturated heterocycles. The van der Waals surface area contributed by atoms with Gasteiger partial charge < -0.3 is 10.2 Å². The Labute approximate surface area is 159 Å². The summed E-state index contributed by atoms with van der Waals surface area (Å²) in [5, 5.41) is 7.79. The fraction of sp³-hybridized carbons (Fsp3) is 0.474. The van der Waals surface area contributed by atoms with Crippen LogP contribution in [-0.2, 0) is 0 Å². The number of halogens is 2. The van der Waals surface area contributed by atoms with Gasteiger partial charge in [0.1, 0.15) is 5.82 Å². The zero-order chi connectivity index (χ0) is 17.4.